The number of nitrogens with zero attached hydrogens (tertiary/aromatic N) is 2. The van der Waals surface area contributed by atoms with E-state index in [1.807, 2.05) is 24.3 Å². The van der Waals surface area contributed by atoms with Crippen molar-refractivity contribution in [1.82, 2.24) is 5.32 Å². The lowest BCUT2D eigenvalue weighted by Crippen LogP contribution is -2.34. The zero-order chi connectivity index (χ0) is 20.6. The Balaban J connectivity index is 1.60. The van der Waals surface area contributed by atoms with E-state index in [0.717, 1.165) is 37.3 Å². The predicted octanol–water partition coefficient (Wildman–Crippen LogP) is 4.11. The van der Waals surface area contributed by atoms with Gasteiger partial charge in [0.25, 0.3) is 5.69 Å². The molecular weight excluding hydrogens is 388 g/mol. The van der Waals surface area contributed by atoms with E-state index in [0.29, 0.717) is 5.56 Å². The van der Waals surface area contributed by atoms with Crippen molar-refractivity contribution >= 4 is 46.4 Å². The van der Waals surface area contributed by atoms with Gasteiger partial charge in [-0.25, -0.2) is 0 Å². The molecule has 3 rings (SSSR count). The number of nitro benzene ring substituents is 1. The molecule has 2 aromatic rings. The Morgan fingerprint density at radius 3 is 2.62 bits per heavy atom. The van der Waals surface area contributed by atoms with Gasteiger partial charge in [-0.05, 0) is 55.3 Å². The molecule has 0 radical (unpaired) electrons. The Labute approximate surface area is 174 Å². The number of nitrogens with one attached hydrogen (secondary N) is 2. The number of amides is 1. The number of hydrogen-bond donors (Lipinski definition) is 2. The van der Waals surface area contributed by atoms with Crippen LogP contribution in [0.1, 0.15) is 24.8 Å². The summed E-state index contributed by atoms with van der Waals surface area (Å²) in [5.74, 6) is -0.413. The molecule has 7 nitrogen and oxygen atoms in total. The normalized spacial score (nSPS) is 13.9. The lowest BCUT2D eigenvalue weighted by molar-refractivity contribution is -0.384. The molecule has 1 aliphatic heterocycles. The number of para-hydroxylation sites is 2. The van der Waals surface area contributed by atoms with Gasteiger partial charge in [0.2, 0.25) is 5.91 Å². The van der Waals surface area contributed by atoms with Gasteiger partial charge in [0.05, 0.1) is 16.3 Å². The minimum absolute atomic E-state index is 0.0286. The molecular formula is C21H22N4O3S. The molecule has 0 unspecified atom stereocenters. The second kappa shape index (κ2) is 9.79. The first-order valence-electron chi connectivity index (χ1n) is 9.41. The van der Waals surface area contributed by atoms with Crippen LogP contribution in [-0.4, -0.2) is 29.0 Å². The van der Waals surface area contributed by atoms with Crippen LogP contribution in [0.2, 0.25) is 0 Å². The topological polar surface area (TPSA) is 87.5 Å². The van der Waals surface area contributed by atoms with Crippen molar-refractivity contribution in [3.05, 3.63) is 70.3 Å². The average Bonchev–Trinajstić information content (AvgIpc) is 2.73. The maximum atomic E-state index is 12.2. The highest BCUT2D eigenvalue weighted by molar-refractivity contribution is 7.80. The van der Waals surface area contributed by atoms with Crippen molar-refractivity contribution in [3.63, 3.8) is 0 Å². The summed E-state index contributed by atoms with van der Waals surface area (Å²) in [6, 6.07) is 13.9. The van der Waals surface area contributed by atoms with E-state index < -0.39 is 10.8 Å². The second-order valence-corrected chi connectivity index (χ2v) is 7.10. The first kappa shape index (κ1) is 20.5. The minimum Gasteiger partial charge on any atom is -0.370 e. The maximum Gasteiger partial charge on any atom is 0.270 e. The third kappa shape index (κ3) is 5.86. The number of nitro groups is 1. The molecule has 1 heterocycles. The molecule has 0 aliphatic carbocycles. The number of carbonyl (C=O) groups is 1. The predicted molar refractivity (Wildman–Crippen MR) is 119 cm³/mol. The molecule has 8 heteroatoms. The summed E-state index contributed by atoms with van der Waals surface area (Å²) < 4.78 is 0. The summed E-state index contributed by atoms with van der Waals surface area (Å²) in [6.07, 6.45) is 6.38. The Hall–Kier alpha value is -3.26. The Bertz CT molecular complexity index is 939. The number of rotatable bonds is 5. The van der Waals surface area contributed by atoms with E-state index >= 15 is 0 Å². The van der Waals surface area contributed by atoms with E-state index in [4.69, 9.17) is 12.2 Å². The molecule has 0 spiro atoms. The summed E-state index contributed by atoms with van der Waals surface area (Å²) in [6.45, 7) is 2.01. The van der Waals surface area contributed by atoms with Gasteiger partial charge in [0.15, 0.2) is 5.11 Å². The Morgan fingerprint density at radius 1 is 1.10 bits per heavy atom. The first-order valence-corrected chi connectivity index (χ1v) is 9.82. The van der Waals surface area contributed by atoms with Crippen LogP contribution >= 0.6 is 12.2 Å². The molecule has 0 aromatic heterocycles. The molecule has 2 N–H and O–H groups in total. The van der Waals surface area contributed by atoms with Crippen molar-refractivity contribution in [2.45, 2.75) is 19.3 Å². The van der Waals surface area contributed by atoms with Crippen molar-refractivity contribution < 1.29 is 9.72 Å². The lowest BCUT2D eigenvalue weighted by Gasteiger charge is -2.30. The highest BCUT2D eigenvalue weighted by atomic mass is 32.1. The molecule has 1 aliphatic rings. The number of thiocarbonyl (C=S) groups is 1. The van der Waals surface area contributed by atoms with Gasteiger partial charge >= 0.3 is 0 Å². The maximum absolute atomic E-state index is 12.2. The molecule has 1 amide bonds. The van der Waals surface area contributed by atoms with Crippen molar-refractivity contribution in [1.29, 1.82) is 0 Å². The van der Waals surface area contributed by atoms with E-state index in [1.54, 1.807) is 12.1 Å². The fourth-order valence-corrected chi connectivity index (χ4v) is 3.42. The molecule has 0 atom stereocenters. The fraction of sp³-hybridized carbons (Fsp3) is 0.238. The fourth-order valence-electron chi connectivity index (χ4n) is 3.21. The van der Waals surface area contributed by atoms with Crippen molar-refractivity contribution in [2.75, 3.05) is 23.3 Å². The first-order chi connectivity index (χ1) is 14.0. The Morgan fingerprint density at radius 2 is 1.86 bits per heavy atom. The number of carbonyl (C=O) groups excluding carboxylic acids is 1. The molecule has 29 heavy (non-hydrogen) atoms. The summed E-state index contributed by atoms with van der Waals surface area (Å²) >= 11 is 5.27. The largest absolute Gasteiger partial charge is 0.370 e. The molecule has 1 fully saturated rings. The molecule has 1 saturated heterocycles. The van der Waals surface area contributed by atoms with Crippen LogP contribution in [-0.2, 0) is 4.79 Å². The summed E-state index contributed by atoms with van der Waals surface area (Å²) in [7, 11) is 0. The monoisotopic (exact) mass is 410 g/mol. The highest BCUT2D eigenvalue weighted by Gasteiger charge is 2.15. The van der Waals surface area contributed by atoms with E-state index in [2.05, 4.69) is 15.5 Å². The number of hydrogen-bond acceptors (Lipinski definition) is 5. The number of benzene rings is 2. The van der Waals surface area contributed by atoms with Crippen LogP contribution in [0, 0.1) is 10.1 Å². The molecule has 2 aromatic carbocycles. The summed E-state index contributed by atoms with van der Waals surface area (Å²) in [5.41, 5.74) is 2.45. The number of non-ortho nitro benzene ring substituents is 1. The van der Waals surface area contributed by atoms with Gasteiger partial charge in [-0.15, -0.1) is 0 Å². The standard InChI is InChI=1S/C21H22N4O3S/c26-20(12-11-16-7-6-8-17(15-16)25(27)28)23-21(29)22-18-9-2-3-10-19(18)24-13-4-1-5-14-24/h2-3,6-12,15H,1,4-5,13-14H2,(H2,22,23,26,29). The van der Waals surface area contributed by atoms with Crippen LogP contribution < -0.4 is 15.5 Å². The number of piperidine rings is 1. The van der Waals surface area contributed by atoms with Crippen LogP contribution in [0.5, 0.6) is 0 Å². The summed E-state index contributed by atoms with van der Waals surface area (Å²) in [5, 5.41) is 16.7. The highest BCUT2D eigenvalue weighted by Crippen LogP contribution is 2.28. The average molecular weight is 410 g/mol. The van der Waals surface area contributed by atoms with Gasteiger partial charge in [-0.2, -0.15) is 0 Å². The third-order valence-electron chi connectivity index (χ3n) is 4.59. The minimum atomic E-state index is -0.476. The lowest BCUT2D eigenvalue weighted by atomic mass is 10.1. The van der Waals surface area contributed by atoms with E-state index in [9.17, 15) is 14.9 Å². The van der Waals surface area contributed by atoms with E-state index in [1.165, 1.54) is 30.7 Å². The van der Waals surface area contributed by atoms with Crippen molar-refractivity contribution in [2.24, 2.45) is 0 Å². The quantitative estimate of drug-likeness (QED) is 0.334. The van der Waals surface area contributed by atoms with Crippen molar-refractivity contribution in [3.8, 4) is 0 Å². The second-order valence-electron chi connectivity index (χ2n) is 6.69. The summed E-state index contributed by atoms with van der Waals surface area (Å²) in [4.78, 5) is 24.8. The van der Waals surface area contributed by atoms with Crippen LogP contribution in [0.15, 0.2) is 54.6 Å². The molecule has 0 saturated carbocycles. The Kier molecular flexibility index (Phi) is 6.91. The zero-order valence-electron chi connectivity index (χ0n) is 15.8. The van der Waals surface area contributed by atoms with Gasteiger partial charge in [0, 0.05) is 31.3 Å². The van der Waals surface area contributed by atoms with Crippen LogP contribution in [0.25, 0.3) is 6.08 Å². The smallest absolute Gasteiger partial charge is 0.270 e. The van der Waals surface area contributed by atoms with Gasteiger partial charge in [-0.3, -0.25) is 20.2 Å². The van der Waals surface area contributed by atoms with Gasteiger partial charge in [-0.1, -0.05) is 24.3 Å². The zero-order valence-corrected chi connectivity index (χ0v) is 16.7. The third-order valence-corrected chi connectivity index (χ3v) is 4.80. The van der Waals surface area contributed by atoms with Gasteiger partial charge in [0.1, 0.15) is 0 Å². The molecule has 150 valence electrons. The van der Waals surface area contributed by atoms with E-state index in [-0.39, 0.29) is 10.8 Å². The van der Waals surface area contributed by atoms with Crippen LogP contribution in [0.4, 0.5) is 17.1 Å². The van der Waals surface area contributed by atoms with Crippen LogP contribution in [0.3, 0.4) is 0 Å². The molecule has 0 bridgehead atoms. The van der Waals surface area contributed by atoms with Gasteiger partial charge < -0.3 is 10.2 Å². The number of anilines is 2. The SMILES string of the molecule is O=C(C=Cc1cccc([N+](=O)[O-])c1)NC(=S)Nc1ccccc1N1CCCCC1.